The van der Waals surface area contributed by atoms with Crippen LogP contribution in [-0.2, 0) is 26.2 Å². The molecule has 1 aromatic heterocycles. The van der Waals surface area contributed by atoms with Gasteiger partial charge in [0.25, 0.3) is 0 Å². The smallest absolute Gasteiger partial charge is 0.248 e. The predicted molar refractivity (Wildman–Crippen MR) is 125 cm³/mol. The maximum absolute atomic E-state index is 12.4. The molecule has 0 radical (unpaired) electrons. The molecular formula is C24H23N3O5S. The minimum Gasteiger partial charge on any atom is -0.468 e. The number of anilines is 2. The SMILES string of the molecule is O=C(/C=C/c1ccc(S(=O)(=O)NCc2ccco2)cc1)Nc1cccc(NC(=O)C2CC2)c1. The summed E-state index contributed by atoms with van der Waals surface area (Å²) in [7, 11) is -3.68. The van der Waals surface area contributed by atoms with Gasteiger partial charge in [0.05, 0.1) is 17.7 Å². The summed E-state index contributed by atoms with van der Waals surface area (Å²) >= 11 is 0. The normalized spacial score (nSPS) is 13.7. The van der Waals surface area contributed by atoms with Gasteiger partial charge in [-0.05, 0) is 66.9 Å². The van der Waals surface area contributed by atoms with Gasteiger partial charge in [-0.25, -0.2) is 13.1 Å². The van der Waals surface area contributed by atoms with E-state index in [1.807, 2.05) is 0 Å². The Labute approximate surface area is 191 Å². The minimum absolute atomic E-state index is 0.000000705. The van der Waals surface area contributed by atoms with Crippen molar-refractivity contribution in [3.05, 3.63) is 84.3 Å². The number of nitrogens with one attached hydrogen (secondary N) is 3. The van der Waals surface area contributed by atoms with Gasteiger partial charge in [-0.1, -0.05) is 18.2 Å². The lowest BCUT2D eigenvalue weighted by Crippen LogP contribution is -2.22. The first-order valence-corrected chi connectivity index (χ1v) is 11.9. The van der Waals surface area contributed by atoms with Crippen molar-refractivity contribution in [3.8, 4) is 0 Å². The van der Waals surface area contributed by atoms with Gasteiger partial charge in [-0.15, -0.1) is 0 Å². The lowest BCUT2D eigenvalue weighted by atomic mass is 10.2. The Hall–Kier alpha value is -3.69. The monoisotopic (exact) mass is 465 g/mol. The van der Waals surface area contributed by atoms with Crippen molar-refractivity contribution in [2.45, 2.75) is 24.3 Å². The third-order valence-electron chi connectivity index (χ3n) is 4.98. The summed E-state index contributed by atoms with van der Waals surface area (Å²) in [5.74, 6) is 0.261. The van der Waals surface area contributed by atoms with Gasteiger partial charge in [0.2, 0.25) is 21.8 Å². The van der Waals surface area contributed by atoms with Crippen molar-refractivity contribution in [2.75, 3.05) is 10.6 Å². The summed E-state index contributed by atoms with van der Waals surface area (Å²) in [6.45, 7) is 0.0582. The topological polar surface area (TPSA) is 118 Å². The minimum atomic E-state index is -3.68. The molecule has 3 N–H and O–H groups in total. The number of carbonyl (C=O) groups is 2. The Kier molecular flexibility index (Phi) is 6.71. The zero-order valence-corrected chi connectivity index (χ0v) is 18.5. The molecule has 0 unspecified atom stereocenters. The van der Waals surface area contributed by atoms with E-state index in [9.17, 15) is 18.0 Å². The first-order valence-electron chi connectivity index (χ1n) is 10.4. The van der Waals surface area contributed by atoms with Gasteiger partial charge >= 0.3 is 0 Å². The molecule has 2 aromatic carbocycles. The van der Waals surface area contributed by atoms with Crippen LogP contribution in [0.25, 0.3) is 6.08 Å². The fraction of sp³-hybridized carbons (Fsp3) is 0.167. The molecule has 4 rings (SSSR count). The van der Waals surface area contributed by atoms with E-state index in [1.54, 1.807) is 54.6 Å². The molecule has 33 heavy (non-hydrogen) atoms. The van der Waals surface area contributed by atoms with E-state index >= 15 is 0 Å². The molecule has 0 aliphatic heterocycles. The molecule has 2 amide bonds. The Balaban J connectivity index is 1.32. The standard InChI is InChI=1S/C24H23N3O5S/c28-23(26-19-3-1-4-20(15-19)27-24(29)18-9-10-18)13-8-17-6-11-22(12-7-17)33(30,31)25-16-21-5-2-14-32-21/h1-8,11-15,18,25H,9-10,16H2,(H,26,28)(H,27,29)/b13-8+. The molecular weight excluding hydrogens is 442 g/mol. The van der Waals surface area contributed by atoms with Crippen LogP contribution in [0.4, 0.5) is 11.4 Å². The molecule has 0 saturated heterocycles. The molecule has 1 fully saturated rings. The third-order valence-corrected chi connectivity index (χ3v) is 6.40. The summed E-state index contributed by atoms with van der Waals surface area (Å²) in [5.41, 5.74) is 1.86. The number of benzene rings is 2. The van der Waals surface area contributed by atoms with Crippen LogP contribution in [0.15, 0.2) is 82.3 Å². The van der Waals surface area contributed by atoms with Gasteiger partial charge in [-0.2, -0.15) is 0 Å². The lowest BCUT2D eigenvalue weighted by Gasteiger charge is -2.07. The van der Waals surface area contributed by atoms with E-state index in [-0.39, 0.29) is 29.2 Å². The number of amides is 2. The van der Waals surface area contributed by atoms with E-state index in [0.717, 1.165) is 12.8 Å². The van der Waals surface area contributed by atoms with Crippen LogP contribution in [0.2, 0.25) is 0 Å². The van der Waals surface area contributed by atoms with Crippen molar-refractivity contribution >= 4 is 39.3 Å². The van der Waals surface area contributed by atoms with Crippen LogP contribution < -0.4 is 15.4 Å². The Bertz CT molecular complexity index is 1260. The molecule has 170 valence electrons. The van der Waals surface area contributed by atoms with Crippen molar-refractivity contribution in [1.82, 2.24) is 4.72 Å². The summed E-state index contributed by atoms with van der Waals surface area (Å²) in [6, 6.07) is 16.5. The predicted octanol–water partition coefficient (Wildman–Crippen LogP) is 3.76. The molecule has 0 atom stereocenters. The highest BCUT2D eigenvalue weighted by molar-refractivity contribution is 7.89. The largest absolute Gasteiger partial charge is 0.468 e. The number of hydrogen-bond acceptors (Lipinski definition) is 5. The average Bonchev–Trinajstić information content (AvgIpc) is 3.53. The van der Waals surface area contributed by atoms with Gasteiger partial charge in [0.15, 0.2) is 0 Å². The maximum Gasteiger partial charge on any atom is 0.248 e. The fourth-order valence-corrected chi connectivity index (χ4v) is 4.03. The van der Waals surface area contributed by atoms with E-state index in [1.165, 1.54) is 24.5 Å². The molecule has 9 heteroatoms. The maximum atomic E-state index is 12.4. The number of sulfonamides is 1. The Morgan fingerprint density at radius 1 is 0.970 bits per heavy atom. The van der Waals surface area contributed by atoms with Crippen molar-refractivity contribution in [2.24, 2.45) is 5.92 Å². The quantitative estimate of drug-likeness (QED) is 0.416. The van der Waals surface area contributed by atoms with E-state index in [0.29, 0.717) is 22.7 Å². The number of rotatable bonds is 9. The summed E-state index contributed by atoms with van der Waals surface area (Å²) in [5, 5.41) is 5.59. The molecule has 8 nitrogen and oxygen atoms in total. The van der Waals surface area contributed by atoms with Gasteiger partial charge in [0.1, 0.15) is 5.76 Å². The van der Waals surface area contributed by atoms with Crippen molar-refractivity contribution in [1.29, 1.82) is 0 Å². The Morgan fingerprint density at radius 2 is 1.70 bits per heavy atom. The molecule has 0 spiro atoms. The van der Waals surface area contributed by atoms with Crippen LogP contribution in [0.3, 0.4) is 0 Å². The van der Waals surface area contributed by atoms with E-state index < -0.39 is 10.0 Å². The summed E-state index contributed by atoms with van der Waals surface area (Å²) < 4.78 is 32.4. The lowest BCUT2D eigenvalue weighted by molar-refractivity contribution is -0.117. The van der Waals surface area contributed by atoms with Crippen LogP contribution in [0, 0.1) is 5.92 Å². The molecule has 1 saturated carbocycles. The van der Waals surface area contributed by atoms with Gasteiger partial charge < -0.3 is 15.1 Å². The number of carbonyl (C=O) groups excluding carboxylic acids is 2. The van der Waals surface area contributed by atoms with Crippen LogP contribution >= 0.6 is 0 Å². The van der Waals surface area contributed by atoms with Crippen LogP contribution in [0.5, 0.6) is 0 Å². The van der Waals surface area contributed by atoms with Crippen LogP contribution in [0.1, 0.15) is 24.2 Å². The second-order valence-corrected chi connectivity index (χ2v) is 9.41. The van der Waals surface area contributed by atoms with Crippen LogP contribution in [-0.4, -0.2) is 20.2 Å². The zero-order valence-electron chi connectivity index (χ0n) is 17.7. The summed E-state index contributed by atoms with van der Waals surface area (Å²) in [6.07, 6.45) is 6.25. The summed E-state index contributed by atoms with van der Waals surface area (Å²) in [4.78, 5) is 24.3. The third kappa shape index (κ3) is 6.41. The number of hydrogen-bond donors (Lipinski definition) is 3. The zero-order chi connectivity index (χ0) is 23.3. The first-order chi connectivity index (χ1) is 15.9. The molecule has 1 aliphatic carbocycles. The molecule has 1 aliphatic rings. The number of furan rings is 1. The molecule has 0 bridgehead atoms. The second-order valence-electron chi connectivity index (χ2n) is 7.64. The highest BCUT2D eigenvalue weighted by atomic mass is 32.2. The Morgan fingerprint density at radius 3 is 2.36 bits per heavy atom. The van der Waals surface area contributed by atoms with Crippen molar-refractivity contribution < 1.29 is 22.4 Å². The van der Waals surface area contributed by atoms with Gasteiger partial charge in [-0.3, -0.25) is 9.59 Å². The van der Waals surface area contributed by atoms with Crippen molar-refractivity contribution in [3.63, 3.8) is 0 Å². The molecule has 1 heterocycles. The fourth-order valence-electron chi connectivity index (χ4n) is 3.04. The average molecular weight is 466 g/mol. The molecule has 3 aromatic rings. The second kappa shape index (κ2) is 9.85. The van der Waals surface area contributed by atoms with E-state index in [4.69, 9.17) is 4.42 Å². The highest BCUT2D eigenvalue weighted by Gasteiger charge is 2.29. The van der Waals surface area contributed by atoms with E-state index in [2.05, 4.69) is 15.4 Å². The van der Waals surface area contributed by atoms with Gasteiger partial charge in [0, 0.05) is 23.4 Å². The first kappa shape index (κ1) is 22.5. The highest BCUT2D eigenvalue weighted by Crippen LogP contribution is 2.30.